The van der Waals surface area contributed by atoms with Gasteiger partial charge < -0.3 is 5.84 Å². The summed E-state index contributed by atoms with van der Waals surface area (Å²) in [5, 5.41) is 0.535. The minimum absolute atomic E-state index is 0.535. The molecule has 80 valence electrons. The zero-order chi connectivity index (χ0) is 11.2. The number of nitrogens with zero attached hydrogens (tertiary/aromatic N) is 1. The van der Waals surface area contributed by atoms with Gasteiger partial charge >= 0.3 is 6.18 Å². The number of halogens is 3. The van der Waals surface area contributed by atoms with Crippen LogP contribution in [0.25, 0.3) is 10.9 Å². The van der Waals surface area contributed by atoms with Crippen LogP contribution in [-0.4, -0.2) is 4.68 Å². The number of fused-ring (bicyclic) bond motifs is 1. The normalized spacial score (nSPS) is 12.3. The highest BCUT2D eigenvalue weighted by Gasteiger charge is 2.30. The molecule has 1 heterocycles. The highest BCUT2D eigenvalue weighted by Crippen LogP contribution is 2.32. The van der Waals surface area contributed by atoms with Gasteiger partial charge in [0.1, 0.15) is 0 Å². The number of nitrogen functional groups attached to an aromatic ring is 1. The van der Waals surface area contributed by atoms with Crippen LogP contribution in [0.4, 0.5) is 13.2 Å². The van der Waals surface area contributed by atoms with Crippen molar-refractivity contribution in [2.45, 2.75) is 13.1 Å². The van der Waals surface area contributed by atoms with Crippen LogP contribution >= 0.6 is 0 Å². The van der Waals surface area contributed by atoms with Crippen molar-refractivity contribution in [1.29, 1.82) is 0 Å². The van der Waals surface area contributed by atoms with E-state index in [-0.39, 0.29) is 0 Å². The first-order chi connectivity index (χ1) is 6.89. The van der Waals surface area contributed by atoms with E-state index in [1.54, 1.807) is 13.1 Å². The van der Waals surface area contributed by atoms with E-state index >= 15 is 0 Å². The van der Waals surface area contributed by atoms with Gasteiger partial charge in [0.15, 0.2) is 0 Å². The van der Waals surface area contributed by atoms with Gasteiger partial charge in [-0.25, -0.2) is 0 Å². The third-order valence-electron chi connectivity index (χ3n) is 2.36. The first kappa shape index (κ1) is 9.89. The highest BCUT2D eigenvalue weighted by molar-refractivity contribution is 5.84. The van der Waals surface area contributed by atoms with E-state index in [0.29, 0.717) is 10.9 Å². The van der Waals surface area contributed by atoms with Crippen molar-refractivity contribution in [2.24, 2.45) is 0 Å². The topological polar surface area (TPSA) is 30.9 Å². The molecular weight excluding hydrogens is 205 g/mol. The molecule has 0 radical (unpaired) electrons. The molecule has 0 spiro atoms. The summed E-state index contributed by atoms with van der Waals surface area (Å²) in [6, 6.07) is 3.53. The highest BCUT2D eigenvalue weighted by atomic mass is 19.4. The minimum atomic E-state index is -4.31. The molecule has 0 aliphatic heterocycles. The third kappa shape index (κ3) is 1.54. The second kappa shape index (κ2) is 2.92. The summed E-state index contributed by atoms with van der Waals surface area (Å²) in [5.74, 6) is 5.57. The molecule has 0 aliphatic rings. The Morgan fingerprint density at radius 3 is 2.53 bits per heavy atom. The molecule has 0 amide bonds. The standard InChI is InChI=1S/C10H9F3N2/c1-6-5-15(14)9-3-2-7(4-8(6)9)10(11,12)13/h2-5H,14H2,1H3. The van der Waals surface area contributed by atoms with Gasteiger partial charge in [-0.05, 0) is 30.7 Å². The number of aromatic nitrogens is 1. The van der Waals surface area contributed by atoms with E-state index in [4.69, 9.17) is 5.84 Å². The minimum Gasteiger partial charge on any atom is -0.339 e. The molecule has 2 N–H and O–H groups in total. The zero-order valence-corrected chi connectivity index (χ0v) is 7.97. The quantitative estimate of drug-likeness (QED) is 0.671. The fourth-order valence-electron chi connectivity index (χ4n) is 1.60. The van der Waals surface area contributed by atoms with Crippen molar-refractivity contribution in [3.05, 3.63) is 35.5 Å². The maximum Gasteiger partial charge on any atom is 0.416 e. The number of nitrogens with two attached hydrogens (primary N) is 1. The Morgan fingerprint density at radius 2 is 1.93 bits per heavy atom. The Kier molecular flexibility index (Phi) is 1.92. The molecule has 0 bridgehead atoms. The van der Waals surface area contributed by atoms with Gasteiger partial charge in [0.2, 0.25) is 0 Å². The molecule has 15 heavy (non-hydrogen) atoms. The van der Waals surface area contributed by atoms with Crippen LogP contribution in [0.15, 0.2) is 24.4 Å². The molecule has 0 unspecified atom stereocenters. The largest absolute Gasteiger partial charge is 0.416 e. The van der Waals surface area contributed by atoms with Crippen LogP contribution in [0.2, 0.25) is 0 Å². The maximum atomic E-state index is 12.4. The van der Waals surface area contributed by atoms with Crippen molar-refractivity contribution < 1.29 is 13.2 Å². The van der Waals surface area contributed by atoms with Crippen LogP contribution in [0, 0.1) is 6.92 Å². The molecule has 0 saturated heterocycles. The van der Waals surface area contributed by atoms with Crippen molar-refractivity contribution in [2.75, 3.05) is 5.84 Å². The molecule has 1 aromatic heterocycles. The second-order valence-electron chi connectivity index (χ2n) is 3.45. The lowest BCUT2D eigenvalue weighted by Gasteiger charge is -2.06. The number of hydrogen-bond donors (Lipinski definition) is 1. The number of rotatable bonds is 0. The van der Waals surface area contributed by atoms with Gasteiger partial charge in [0, 0.05) is 11.6 Å². The summed E-state index contributed by atoms with van der Waals surface area (Å²) in [7, 11) is 0. The van der Waals surface area contributed by atoms with Crippen LogP contribution in [0.1, 0.15) is 11.1 Å². The van der Waals surface area contributed by atoms with E-state index in [9.17, 15) is 13.2 Å². The van der Waals surface area contributed by atoms with Crippen LogP contribution in [0.5, 0.6) is 0 Å². The van der Waals surface area contributed by atoms with Crippen LogP contribution in [0.3, 0.4) is 0 Å². The Balaban J connectivity index is 2.71. The van der Waals surface area contributed by atoms with E-state index in [1.165, 1.54) is 10.7 Å². The summed E-state index contributed by atoms with van der Waals surface area (Å²) < 4.78 is 38.6. The van der Waals surface area contributed by atoms with E-state index in [0.717, 1.165) is 17.7 Å². The predicted octanol–water partition coefficient (Wildman–Crippen LogP) is 2.68. The number of benzene rings is 1. The van der Waals surface area contributed by atoms with E-state index in [2.05, 4.69) is 0 Å². The van der Waals surface area contributed by atoms with Gasteiger partial charge in [0.05, 0.1) is 11.1 Å². The Labute approximate surface area is 84.1 Å². The summed E-state index contributed by atoms with van der Waals surface area (Å²) >= 11 is 0. The first-order valence-electron chi connectivity index (χ1n) is 4.33. The summed E-state index contributed by atoms with van der Waals surface area (Å²) in [6.45, 7) is 1.73. The molecule has 0 saturated carbocycles. The van der Waals surface area contributed by atoms with E-state index in [1.807, 2.05) is 0 Å². The van der Waals surface area contributed by atoms with Crippen molar-refractivity contribution in [3.8, 4) is 0 Å². The number of hydrogen-bond acceptors (Lipinski definition) is 1. The lowest BCUT2D eigenvalue weighted by molar-refractivity contribution is -0.137. The molecule has 0 atom stereocenters. The first-order valence-corrected chi connectivity index (χ1v) is 4.33. The molecular formula is C10H9F3N2. The molecule has 2 aromatic rings. The maximum absolute atomic E-state index is 12.4. The smallest absolute Gasteiger partial charge is 0.339 e. The summed E-state index contributed by atoms with van der Waals surface area (Å²) in [4.78, 5) is 0. The number of aryl methyl sites for hydroxylation is 1. The van der Waals surface area contributed by atoms with Crippen molar-refractivity contribution in [1.82, 2.24) is 4.68 Å². The average molecular weight is 214 g/mol. The fraction of sp³-hybridized carbons (Fsp3) is 0.200. The van der Waals surface area contributed by atoms with Gasteiger partial charge in [-0.3, -0.25) is 4.68 Å². The van der Waals surface area contributed by atoms with E-state index < -0.39 is 11.7 Å². The van der Waals surface area contributed by atoms with Crippen molar-refractivity contribution >= 4 is 10.9 Å². The van der Waals surface area contributed by atoms with Gasteiger partial charge in [-0.2, -0.15) is 13.2 Å². The van der Waals surface area contributed by atoms with Crippen LogP contribution in [-0.2, 0) is 6.18 Å². The van der Waals surface area contributed by atoms with Crippen molar-refractivity contribution in [3.63, 3.8) is 0 Å². The third-order valence-corrected chi connectivity index (χ3v) is 2.36. The second-order valence-corrected chi connectivity index (χ2v) is 3.45. The lowest BCUT2D eigenvalue weighted by Crippen LogP contribution is -2.06. The average Bonchev–Trinajstić information content (AvgIpc) is 2.41. The summed E-state index contributed by atoms with van der Waals surface area (Å²) in [5.41, 5.74) is 0.684. The molecule has 1 aromatic carbocycles. The molecule has 0 fully saturated rings. The van der Waals surface area contributed by atoms with Gasteiger partial charge in [0.25, 0.3) is 0 Å². The molecule has 5 heteroatoms. The monoisotopic (exact) mass is 214 g/mol. The predicted molar refractivity (Wildman–Crippen MR) is 51.8 cm³/mol. The van der Waals surface area contributed by atoms with Gasteiger partial charge in [-0.15, -0.1) is 0 Å². The fourth-order valence-corrected chi connectivity index (χ4v) is 1.60. The zero-order valence-electron chi connectivity index (χ0n) is 7.97. The Hall–Kier alpha value is -1.65. The Bertz CT molecular complexity index is 511. The molecule has 2 nitrogen and oxygen atoms in total. The summed E-state index contributed by atoms with van der Waals surface area (Å²) in [6.07, 6.45) is -2.71. The lowest BCUT2D eigenvalue weighted by atomic mass is 10.1. The van der Waals surface area contributed by atoms with Crippen LogP contribution < -0.4 is 5.84 Å². The Morgan fingerprint density at radius 1 is 1.27 bits per heavy atom. The SMILES string of the molecule is Cc1cn(N)c2ccc(C(F)(F)F)cc12. The molecule has 0 aliphatic carbocycles. The number of alkyl halides is 3. The van der Waals surface area contributed by atoms with Gasteiger partial charge in [-0.1, -0.05) is 0 Å². The molecule has 2 rings (SSSR count).